The summed E-state index contributed by atoms with van der Waals surface area (Å²) in [6.45, 7) is 2.65. The quantitative estimate of drug-likeness (QED) is 0.395. The minimum Gasteiger partial charge on any atom is -0.368 e. The highest BCUT2D eigenvalue weighted by atomic mass is 16.2. The Morgan fingerprint density at radius 1 is 1.11 bits per heavy atom. The predicted molar refractivity (Wildman–Crippen MR) is 76.1 cm³/mol. The molecule has 0 aliphatic carbocycles. The number of hydrogen-bond acceptors (Lipinski definition) is 4. The Hall–Kier alpha value is -1.14. The van der Waals surface area contributed by atoms with Crippen LogP contribution in [0.5, 0.6) is 0 Å². The van der Waals surface area contributed by atoms with E-state index in [0.29, 0.717) is 19.4 Å². The number of carbonyl (C=O) groups excluding carboxylic acids is 2. The van der Waals surface area contributed by atoms with E-state index >= 15 is 0 Å². The van der Waals surface area contributed by atoms with Crippen molar-refractivity contribution in [3.63, 3.8) is 0 Å². The molecule has 2 amide bonds. The second-order valence-corrected chi connectivity index (χ2v) is 4.85. The molecule has 0 bridgehead atoms. The lowest BCUT2D eigenvalue weighted by molar-refractivity contribution is -0.128. The summed E-state index contributed by atoms with van der Waals surface area (Å²) in [5, 5.41) is 2.62. The Morgan fingerprint density at radius 3 is 2.26 bits per heavy atom. The fraction of sp³-hybridized carbons (Fsp3) is 0.846. The van der Waals surface area contributed by atoms with Gasteiger partial charge in [0.2, 0.25) is 11.8 Å². The maximum atomic E-state index is 11.8. The maximum absolute atomic E-state index is 11.8. The lowest BCUT2D eigenvalue weighted by Gasteiger charge is -2.18. The minimum absolute atomic E-state index is 0.298. The van der Waals surface area contributed by atoms with Crippen LogP contribution in [-0.4, -0.2) is 30.4 Å². The van der Waals surface area contributed by atoms with Crippen LogP contribution >= 0.6 is 0 Å². The highest BCUT2D eigenvalue weighted by Crippen LogP contribution is 2.04. The minimum atomic E-state index is -0.642. The largest absolute Gasteiger partial charge is 0.368 e. The van der Waals surface area contributed by atoms with E-state index in [1.807, 2.05) is 0 Å². The maximum Gasteiger partial charge on any atom is 0.240 e. The first kappa shape index (κ1) is 17.9. The Morgan fingerprint density at radius 2 is 1.74 bits per heavy atom. The van der Waals surface area contributed by atoms with Gasteiger partial charge in [-0.2, -0.15) is 0 Å². The second-order valence-electron chi connectivity index (χ2n) is 4.85. The van der Waals surface area contributed by atoms with E-state index in [1.54, 1.807) is 0 Å². The average Bonchev–Trinajstić information content (AvgIpc) is 2.37. The molecule has 0 saturated heterocycles. The molecule has 112 valence electrons. The number of rotatable bonds is 11. The summed E-state index contributed by atoms with van der Waals surface area (Å²) in [6.07, 6.45) is 5.76. The summed E-state index contributed by atoms with van der Waals surface area (Å²) in [7, 11) is 0. The van der Waals surface area contributed by atoms with Crippen LogP contribution in [0.2, 0.25) is 0 Å². The molecular weight excluding hydrogens is 244 g/mol. The molecule has 0 spiro atoms. The van der Waals surface area contributed by atoms with Crippen LogP contribution in [0.4, 0.5) is 0 Å². The number of primary amides is 1. The van der Waals surface area contributed by atoms with Gasteiger partial charge >= 0.3 is 0 Å². The van der Waals surface area contributed by atoms with Gasteiger partial charge in [0.25, 0.3) is 0 Å². The number of carbonyl (C=O) groups is 2. The van der Waals surface area contributed by atoms with Crippen molar-refractivity contribution in [2.24, 2.45) is 17.2 Å². The topological polar surface area (TPSA) is 124 Å². The van der Waals surface area contributed by atoms with Crippen LogP contribution < -0.4 is 22.5 Å². The lowest BCUT2D eigenvalue weighted by Crippen LogP contribution is -2.50. The summed E-state index contributed by atoms with van der Waals surface area (Å²) in [6, 6.07) is -1.21. The molecule has 0 aromatic rings. The van der Waals surface area contributed by atoms with Gasteiger partial charge < -0.3 is 22.5 Å². The van der Waals surface area contributed by atoms with E-state index in [9.17, 15) is 9.59 Å². The Labute approximate surface area is 115 Å². The molecular formula is C13H28N4O2. The van der Waals surface area contributed by atoms with E-state index in [0.717, 1.165) is 32.1 Å². The molecule has 7 N–H and O–H groups in total. The van der Waals surface area contributed by atoms with E-state index in [2.05, 4.69) is 12.2 Å². The van der Waals surface area contributed by atoms with Gasteiger partial charge in [0.05, 0.1) is 6.04 Å². The monoisotopic (exact) mass is 272 g/mol. The van der Waals surface area contributed by atoms with Crippen molar-refractivity contribution in [1.82, 2.24) is 5.32 Å². The summed E-state index contributed by atoms with van der Waals surface area (Å²) < 4.78 is 0. The molecule has 19 heavy (non-hydrogen) atoms. The highest BCUT2D eigenvalue weighted by Gasteiger charge is 2.21. The Kier molecular flexibility index (Phi) is 10.1. The molecule has 6 heteroatoms. The number of amides is 2. The van der Waals surface area contributed by atoms with Crippen molar-refractivity contribution in [1.29, 1.82) is 0 Å². The van der Waals surface area contributed by atoms with Crippen LogP contribution in [0.3, 0.4) is 0 Å². The molecule has 0 heterocycles. The van der Waals surface area contributed by atoms with Gasteiger partial charge in [0.15, 0.2) is 0 Å². The predicted octanol–water partition coefficient (Wildman–Crippen LogP) is -0.00690. The zero-order chi connectivity index (χ0) is 14.7. The van der Waals surface area contributed by atoms with Gasteiger partial charge in [-0.15, -0.1) is 0 Å². The van der Waals surface area contributed by atoms with E-state index in [4.69, 9.17) is 17.2 Å². The van der Waals surface area contributed by atoms with Crippen molar-refractivity contribution in [2.75, 3.05) is 6.54 Å². The zero-order valence-electron chi connectivity index (χ0n) is 11.9. The first-order valence-corrected chi connectivity index (χ1v) is 7.08. The number of nitrogens with two attached hydrogens (primary N) is 3. The first-order chi connectivity index (χ1) is 9.02. The van der Waals surface area contributed by atoms with Gasteiger partial charge in [-0.1, -0.05) is 26.2 Å². The standard InChI is InChI=1S/C13H28N4O2/c1-2-3-4-7-10(15)13(19)17-11(12(16)18)8-5-6-9-14/h10-11H,2-9,14-15H2,1H3,(H2,16,18)(H,17,19). The van der Waals surface area contributed by atoms with Crippen molar-refractivity contribution in [2.45, 2.75) is 64.0 Å². The fourth-order valence-corrected chi connectivity index (χ4v) is 1.80. The Bertz CT molecular complexity index is 271. The number of hydrogen-bond donors (Lipinski definition) is 4. The van der Waals surface area contributed by atoms with Crippen LogP contribution in [-0.2, 0) is 9.59 Å². The summed E-state index contributed by atoms with van der Waals surface area (Å²) in [5.41, 5.74) is 16.4. The molecule has 0 aliphatic rings. The van der Waals surface area contributed by atoms with E-state index in [1.165, 1.54) is 0 Å². The fourth-order valence-electron chi connectivity index (χ4n) is 1.80. The van der Waals surface area contributed by atoms with Crippen LogP contribution in [0.1, 0.15) is 51.9 Å². The van der Waals surface area contributed by atoms with Gasteiger partial charge in [0, 0.05) is 0 Å². The third kappa shape index (κ3) is 8.56. The normalized spacial score (nSPS) is 13.8. The summed E-state index contributed by atoms with van der Waals surface area (Å²) in [4.78, 5) is 23.1. The highest BCUT2D eigenvalue weighted by molar-refractivity contribution is 5.88. The summed E-state index contributed by atoms with van der Waals surface area (Å²) in [5.74, 6) is -0.821. The van der Waals surface area contributed by atoms with Crippen LogP contribution in [0.25, 0.3) is 0 Å². The lowest BCUT2D eigenvalue weighted by atomic mass is 10.1. The van der Waals surface area contributed by atoms with Gasteiger partial charge in [-0.25, -0.2) is 0 Å². The Balaban J connectivity index is 4.11. The SMILES string of the molecule is CCCCCC(N)C(=O)NC(CCCCN)C(N)=O. The van der Waals surface area contributed by atoms with Crippen molar-refractivity contribution in [3.05, 3.63) is 0 Å². The van der Waals surface area contributed by atoms with Crippen molar-refractivity contribution < 1.29 is 9.59 Å². The second kappa shape index (κ2) is 10.8. The molecule has 0 saturated carbocycles. The molecule has 2 unspecified atom stereocenters. The third-order valence-corrected chi connectivity index (χ3v) is 3.06. The summed E-state index contributed by atoms with van der Waals surface area (Å²) >= 11 is 0. The zero-order valence-corrected chi connectivity index (χ0v) is 11.9. The number of nitrogens with one attached hydrogen (secondary N) is 1. The smallest absolute Gasteiger partial charge is 0.240 e. The van der Waals surface area contributed by atoms with Crippen molar-refractivity contribution >= 4 is 11.8 Å². The molecule has 0 aromatic heterocycles. The molecule has 0 rings (SSSR count). The van der Waals surface area contributed by atoms with Gasteiger partial charge in [-0.3, -0.25) is 9.59 Å². The molecule has 0 radical (unpaired) electrons. The van der Waals surface area contributed by atoms with E-state index in [-0.39, 0.29) is 5.91 Å². The average molecular weight is 272 g/mol. The van der Waals surface area contributed by atoms with Gasteiger partial charge in [-0.05, 0) is 32.2 Å². The molecule has 2 atom stereocenters. The molecule has 0 aromatic carbocycles. The van der Waals surface area contributed by atoms with Gasteiger partial charge in [0.1, 0.15) is 6.04 Å². The number of unbranched alkanes of at least 4 members (excludes halogenated alkanes) is 3. The third-order valence-electron chi connectivity index (χ3n) is 3.06. The van der Waals surface area contributed by atoms with Crippen molar-refractivity contribution in [3.8, 4) is 0 Å². The van der Waals surface area contributed by atoms with E-state index < -0.39 is 18.0 Å². The molecule has 6 nitrogen and oxygen atoms in total. The molecule has 0 aliphatic heterocycles. The van der Waals surface area contributed by atoms with Crippen LogP contribution in [0.15, 0.2) is 0 Å². The molecule has 0 fully saturated rings. The van der Waals surface area contributed by atoms with Crippen LogP contribution in [0, 0.1) is 0 Å². The first-order valence-electron chi connectivity index (χ1n) is 7.08.